The number of hydrogen-bond acceptors (Lipinski definition) is 3. The number of aliphatic hydroxyl groups excluding tert-OH is 1. The third-order valence-electron chi connectivity index (χ3n) is 4.79. The van der Waals surface area contributed by atoms with Gasteiger partial charge >= 0.3 is 0 Å². The topological polar surface area (TPSA) is 36.4 Å². The predicted octanol–water partition coefficient (Wildman–Crippen LogP) is 3.29. The Kier molecular flexibility index (Phi) is 3.74. The number of pyridine rings is 1. The van der Waals surface area contributed by atoms with Gasteiger partial charge in [-0.25, -0.2) is 4.98 Å². The van der Waals surface area contributed by atoms with Crippen LogP contribution in [0.25, 0.3) is 0 Å². The normalized spacial score (nSPS) is 26.0. The molecule has 1 aromatic rings. The SMILES string of the molecule is C[C@H](O)c1ccc(N2CCCC2C2CCCC2)nc1. The summed E-state index contributed by atoms with van der Waals surface area (Å²) in [6.07, 6.45) is 9.62. The summed E-state index contributed by atoms with van der Waals surface area (Å²) in [6, 6.07) is 4.79. The lowest BCUT2D eigenvalue weighted by molar-refractivity contribution is 0.199. The molecule has 1 unspecified atom stereocenters. The maximum Gasteiger partial charge on any atom is 0.128 e. The quantitative estimate of drug-likeness (QED) is 0.906. The van der Waals surface area contributed by atoms with Gasteiger partial charge in [0, 0.05) is 18.8 Å². The van der Waals surface area contributed by atoms with Crippen molar-refractivity contribution in [2.24, 2.45) is 5.92 Å². The molecule has 2 heterocycles. The molecule has 0 amide bonds. The lowest BCUT2D eigenvalue weighted by Gasteiger charge is -2.30. The van der Waals surface area contributed by atoms with Gasteiger partial charge in [0.2, 0.25) is 0 Å². The minimum atomic E-state index is -0.425. The number of nitrogens with zero attached hydrogens (tertiary/aromatic N) is 2. The van der Waals surface area contributed by atoms with Crippen LogP contribution in [0.3, 0.4) is 0 Å². The van der Waals surface area contributed by atoms with Gasteiger partial charge in [-0.2, -0.15) is 0 Å². The summed E-state index contributed by atoms with van der Waals surface area (Å²) in [5.74, 6) is 1.97. The number of hydrogen-bond donors (Lipinski definition) is 1. The number of aromatic nitrogens is 1. The van der Waals surface area contributed by atoms with E-state index in [0.717, 1.165) is 23.8 Å². The van der Waals surface area contributed by atoms with Crippen molar-refractivity contribution in [3.05, 3.63) is 23.9 Å². The van der Waals surface area contributed by atoms with Crippen molar-refractivity contribution in [1.82, 2.24) is 4.98 Å². The van der Waals surface area contributed by atoms with Crippen LogP contribution in [-0.4, -0.2) is 22.7 Å². The van der Waals surface area contributed by atoms with Gasteiger partial charge in [0.15, 0.2) is 0 Å². The number of aliphatic hydroxyl groups is 1. The molecular formula is C16H24N2O. The van der Waals surface area contributed by atoms with E-state index in [4.69, 9.17) is 0 Å². The van der Waals surface area contributed by atoms with E-state index < -0.39 is 6.10 Å². The van der Waals surface area contributed by atoms with Crippen molar-refractivity contribution in [1.29, 1.82) is 0 Å². The van der Waals surface area contributed by atoms with Gasteiger partial charge in [-0.3, -0.25) is 0 Å². The van der Waals surface area contributed by atoms with Crippen LogP contribution in [0.4, 0.5) is 5.82 Å². The van der Waals surface area contributed by atoms with E-state index in [0.29, 0.717) is 6.04 Å². The number of rotatable bonds is 3. The van der Waals surface area contributed by atoms with Gasteiger partial charge in [0.25, 0.3) is 0 Å². The van der Waals surface area contributed by atoms with Gasteiger partial charge in [-0.15, -0.1) is 0 Å². The van der Waals surface area contributed by atoms with Crippen molar-refractivity contribution < 1.29 is 5.11 Å². The maximum absolute atomic E-state index is 9.55. The Morgan fingerprint density at radius 1 is 1.21 bits per heavy atom. The average molecular weight is 260 g/mol. The highest BCUT2D eigenvalue weighted by atomic mass is 16.3. The molecule has 1 aromatic heterocycles. The first-order valence-electron chi connectivity index (χ1n) is 7.66. The zero-order chi connectivity index (χ0) is 13.2. The first-order valence-corrected chi connectivity index (χ1v) is 7.66. The first-order chi connectivity index (χ1) is 9.25. The zero-order valence-electron chi connectivity index (χ0n) is 11.8. The van der Waals surface area contributed by atoms with Crippen molar-refractivity contribution in [2.75, 3.05) is 11.4 Å². The standard InChI is InChI=1S/C16H24N2O/c1-12(19)14-8-9-16(17-11-14)18-10-4-7-15(18)13-5-2-3-6-13/h8-9,11-13,15,19H,2-7,10H2,1H3/t12-,15?/m0/s1. The average Bonchev–Trinajstić information content (AvgIpc) is 3.09. The number of anilines is 1. The Balaban J connectivity index is 1.76. The molecule has 3 heteroatoms. The zero-order valence-corrected chi connectivity index (χ0v) is 11.8. The van der Waals surface area contributed by atoms with Gasteiger partial charge in [0.1, 0.15) is 5.82 Å². The van der Waals surface area contributed by atoms with E-state index in [1.165, 1.54) is 38.5 Å². The van der Waals surface area contributed by atoms with Crippen LogP contribution in [0.5, 0.6) is 0 Å². The van der Waals surface area contributed by atoms with Crippen LogP contribution in [0.15, 0.2) is 18.3 Å². The molecular weight excluding hydrogens is 236 g/mol. The molecule has 2 aliphatic rings. The monoisotopic (exact) mass is 260 g/mol. The third kappa shape index (κ3) is 2.62. The van der Waals surface area contributed by atoms with Crippen molar-refractivity contribution in [3.63, 3.8) is 0 Å². The molecule has 1 N–H and O–H groups in total. The fourth-order valence-electron chi connectivity index (χ4n) is 3.72. The summed E-state index contributed by atoms with van der Waals surface area (Å²) in [5, 5.41) is 9.55. The van der Waals surface area contributed by atoms with E-state index in [1.807, 2.05) is 12.3 Å². The highest BCUT2D eigenvalue weighted by Crippen LogP contribution is 2.37. The molecule has 1 saturated carbocycles. The van der Waals surface area contributed by atoms with Gasteiger partial charge in [0.05, 0.1) is 6.10 Å². The molecule has 0 bridgehead atoms. The molecule has 3 rings (SSSR count). The van der Waals surface area contributed by atoms with Crippen LogP contribution in [0.2, 0.25) is 0 Å². The second-order valence-corrected chi connectivity index (χ2v) is 6.07. The second-order valence-electron chi connectivity index (χ2n) is 6.07. The second kappa shape index (κ2) is 5.49. The van der Waals surface area contributed by atoms with Crippen LogP contribution in [0.1, 0.15) is 57.1 Å². The summed E-state index contributed by atoms with van der Waals surface area (Å²) in [5.41, 5.74) is 0.903. The Morgan fingerprint density at radius 2 is 2.00 bits per heavy atom. The summed E-state index contributed by atoms with van der Waals surface area (Å²) in [6.45, 7) is 2.93. The Hall–Kier alpha value is -1.09. The molecule has 1 saturated heterocycles. The Morgan fingerprint density at radius 3 is 2.63 bits per heavy atom. The molecule has 0 spiro atoms. The first kappa shape index (κ1) is 12.9. The van der Waals surface area contributed by atoms with Crippen LogP contribution in [0, 0.1) is 5.92 Å². The van der Waals surface area contributed by atoms with E-state index in [1.54, 1.807) is 6.92 Å². The lowest BCUT2D eigenvalue weighted by Crippen LogP contribution is -2.35. The van der Waals surface area contributed by atoms with Gasteiger partial charge < -0.3 is 10.0 Å². The van der Waals surface area contributed by atoms with Crippen LogP contribution < -0.4 is 4.90 Å². The smallest absolute Gasteiger partial charge is 0.128 e. The summed E-state index contributed by atoms with van der Waals surface area (Å²) in [7, 11) is 0. The third-order valence-corrected chi connectivity index (χ3v) is 4.79. The van der Waals surface area contributed by atoms with Gasteiger partial charge in [-0.1, -0.05) is 18.9 Å². The molecule has 1 aliphatic carbocycles. The van der Waals surface area contributed by atoms with Gasteiger partial charge in [-0.05, 0) is 50.2 Å². The fourth-order valence-corrected chi connectivity index (χ4v) is 3.72. The van der Waals surface area contributed by atoms with Crippen molar-refractivity contribution in [3.8, 4) is 0 Å². The molecule has 0 radical (unpaired) electrons. The fraction of sp³-hybridized carbons (Fsp3) is 0.688. The molecule has 2 fully saturated rings. The minimum Gasteiger partial charge on any atom is -0.389 e. The van der Waals surface area contributed by atoms with Crippen LogP contribution >= 0.6 is 0 Å². The van der Waals surface area contributed by atoms with Crippen molar-refractivity contribution in [2.45, 2.75) is 57.6 Å². The predicted molar refractivity (Wildman–Crippen MR) is 77.2 cm³/mol. The summed E-state index contributed by atoms with van der Waals surface area (Å²) in [4.78, 5) is 7.07. The molecule has 3 nitrogen and oxygen atoms in total. The van der Waals surface area contributed by atoms with E-state index in [9.17, 15) is 5.11 Å². The summed E-state index contributed by atoms with van der Waals surface area (Å²) < 4.78 is 0. The Bertz CT molecular complexity index is 409. The molecule has 0 aromatic carbocycles. The van der Waals surface area contributed by atoms with E-state index >= 15 is 0 Å². The van der Waals surface area contributed by atoms with E-state index in [2.05, 4.69) is 16.0 Å². The maximum atomic E-state index is 9.55. The Labute approximate surface area is 115 Å². The lowest BCUT2D eigenvalue weighted by atomic mass is 9.96. The highest BCUT2D eigenvalue weighted by molar-refractivity contribution is 5.42. The molecule has 1 aliphatic heterocycles. The largest absolute Gasteiger partial charge is 0.389 e. The van der Waals surface area contributed by atoms with Crippen molar-refractivity contribution >= 4 is 5.82 Å². The van der Waals surface area contributed by atoms with E-state index in [-0.39, 0.29) is 0 Å². The minimum absolute atomic E-state index is 0.425. The van der Waals surface area contributed by atoms with Crippen LogP contribution in [-0.2, 0) is 0 Å². The molecule has 19 heavy (non-hydrogen) atoms. The highest BCUT2D eigenvalue weighted by Gasteiger charge is 2.33. The summed E-state index contributed by atoms with van der Waals surface area (Å²) >= 11 is 0. The molecule has 2 atom stereocenters. The molecule has 104 valence electrons.